The van der Waals surface area contributed by atoms with Crippen LogP contribution in [0.4, 0.5) is 0 Å². The van der Waals surface area contributed by atoms with Crippen molar-refractivity contribution in [2.24, 2.45) is 0 Å². The molecule has 0 saturated heterocycles. The maximum absolute atomic E-state index is 11.8. The van der Waals surface area contributed by atoms with Gasteiger partial charge in [-0.3, -0.25) is 4.79 Å². The summed E-state index contributed by atoms with van der Waals surface area (Å²) in [5.74, 6) is 0. The molecule has 1 aromatic heterocycles. The molecule has 21 heavy (non-hydrogen) atoms. The summed E-state index contributed by atoms with van der Waals surface area (Å²) in [7, 11) is 2.13. The van der Waals surface area contributed by atoms with E-state index in [1.165, 1.54) is 16.7 Å². The summed E-state index contributed by atoms with van der Waals surface area (Å²) in [5, 5.41) is 4.99. The molecule has 4 nitrogen and oxygen atoms in total. The fourth-order valence-corrected chi connectivity index (χ4v) is 2.54. The lowest BCUT2D eigenvalue weighted by Gasteiger charge is -2.16. The van der Waals surface area contributed by atoms with Gasteiger partial charge in [-0.15, -0.1) is 0 Å². The summed E-state index contributed by atoms with van der Waals surface area (Å²) in [6.45, 7) is 1.64. The minimum absolute atomic E-state index is 0.0254. The normalized spacial score (nSPS) is 12.4. The fourth-order valence-electron chi connectivity index (χ4n) is 2.54. The number of fused-ring (bicyclic) bond motifs is 1. The van der Waals surface area contributed by atoms with Gasteiger partial charge in [-0.25, -0.2) is 4.68 Å². The highest BCUT2D eigenvalue weighted by molar-refractivity contribution is 5.77. The minimum Gasteiger partial charge on any atom is -0.315 e. The van der Waals surface area contributed by atoms with E-state index >= 15 is 0 Å². The third-order valence-corrected chi connectivity index (χ3v) is 3.53. The third-order valence-electron chi connectivity index (χ3n) is 3.53. The number of nitrogens with one attached hydrogen (secondary N) is 1. The minimum atomic E-state index is -0.0254. The van der Waals surface area contributed by atoms with E-state index in [1.807, 2.05) is 35.0 Å². The fraction of sp³-hybridized carbons (Fsp3) is 0.176. The van der Waals surface area contributed by atoms with E-state index in [2.05, 4.69) is 36.4 Å². The Labute approximate surface area is 123 Å². The molecule has 0 aliphatic heterocycles. The summed E-state index contributed by atoms with van der Waals surface area (Å²) < 4.78 is 1.90. The Morgan fingerprint density at radius 3 is 2.57 bits per heavy atom. The van der Waals surface area contributed by atoms with Gasteiger partial charge < -0.3 is 4.90 Å². The van der Waals surface area contributed by atoms with Gasteiger partial charge in [0.15, 0.2) is 6.67 Å². The van der Waals surface area contributed by atoms with Crippen LogP contribution in [0.1, 0.15) is 5.56 Å². The molecule has 1 atom stereocenters. The maximum atomic E-state index is 11.8. The van der Waals surface area contributed by atoms with Crippen LogP contribution in [0.3, 0.4) is 0 Å². The zero-order valence-corrected chi connectivity index (χ0v) is 12.0. The number of benzene rings is 2. The van der Waals surface area contributed by atoms with Gasteiger partial charge in [-0.05, 0) is 12.1 Å². The van der Waals surface area contributed by atoms with E-state index in [9.17, 15) is 4.79 Å². The molecule has 2 aromatic carbocycles. The monoisotopic (exact) mass is 280 g/mol. The zero-order chi connectivity index (χ0) is 14.7. The molecular formula is C17H18N3O+. The number of para-hydroxylation sites is 1. The first-order chi connectivity index (χ1) is 10.2. The smallest absolute Gasteiger partial charge is 0.207 e. The summed E-state index contributed by atoms with van der Waals surface area (Å²) in [4.78, 5) is 13.1. The van der Waals surface area contributed by atoms with Crippen LogP contribution < -0.4 is 10.3 Å². The van der Waals surface area contributed by atoms with Crippen LogP contribution in [0.15, 0.2) is 65.6 Å². The average molecular weight is 280 g/mol. The third kappa shape index (κ3) is 3.01. The molecule has 106 valence electrons. The van der Waals surface area contributed by atoms with E-state index in [1.54, 1.807) is 0 Å². The molecule has 0 bridgehead atoms. The van der Waals surface area contributed by atoms with Gasteiger partial charge in [0.2, 0.25) is 5.43 Å². The van der Waals surface area contributed by atoms with Crippen LogP contribution in [-0.2, 0) is 13.2 Å². The number of nitrogens with zero attached hydrogens (tertiary/aromatic N) is 2. The van der Waals surface area contributed by atoms with E-state index in [4.69, 9.17) is 0 Å². The van der Waals surface area contributed by atoms with Gasteiger partial charge in [0.1, 0.15) is 6.54 Å². The average Bonchev–Trinajstić information content (AvgIpc) is 2.51. The molecule has 0 saturated carbocycles. The Hall–Kier alpha value is -2.46. The van der Waals surface area contributed by atoms with Crippen molar-refractivity contribution in [2.75, 3.05) is 7.05 Å². The number of aromatic nitrogens is 2. The highest BCUT2D eigenvalue weighted by atomic mass is 16.1. The molecule has 1 heterocycles. The van der Waals surface area contributed by atoms with Crippen molar-refractivity contribution in [3.8, 4) is 0 Å². The Morgan fingerprint density at radius 1 is 1.05 bits per heavy atom. The first-order valence-corrected chi connectivity index (χ1v) is 7.04. The van der Waals surface area contributed by atoms with Crippen LogP contribution >= 0.6 is 0 Å². The first-order valence-electron chi connectivity index (χ1n) is 7.04. The largest absolute Gasteiger partial charge is 0.315 e. The first kappa shape index (κ1) is 13.5. The maximum Gasteiger partial charge on any atom is 0.207 e. The van der Waals surface area contributed by atoms with Crippen molar-refractivity contribution in [1.82, 2.24) is 9.78 Å². The quantitative estimate of drug-likeness (QED) is 0.776. The summed E-state index contributed by atoms with van der Waals surface area (Å²) in [5.41, 5.74) is 2.15. The number of rotatable bonds is 4. The van der Waals surface area contributed by atoms with Crippen LogP contribution in [-0.4, -0.2) is 16.8 Å². The van der Waals surface area contributed by atoms with Crippen molar-refractivity contribution in [1.29, 1.82) is 0 Å². The molecule has 4 heteroatoms. The SMILES string of the molecule is C[NH+](Cc1ccccc1)Cn1ncc(=O)c2ccccc21. The lowest BCUT2D eigenvalue weighted by molar-refractivity contribution is -0.917. The van der Waals surface area contributed by atoms with Crippen LogP contribution in [0.5, 0.6) is 0 Å². The summed E-state index contributed by atoms with van der Waals surface area (Å²) in [6, 6.07) is 18.0. The molecule has 0 amide bonds. The molecule has 1 N–H and O–H groups in total. The van der Waals surface area contributed by atoms with Crippen LogP contribution in [0.25, 0.3) is 10.9 Å². The molecule has 0 aliphatic carbocycles. The molecule has 0 aliphatic rings. The van der Waals surface area contributed by atoms with Crippen molar-refractivity contribution in [3.63, 3.8) is 0 Å². The second-order valence-corrected chi connectivity index (χ2v) is 5.30. The molecular weight excluding hydrogens is 262 g/mol. The topological polar surface area (TPSA) is 39.3 Å². The molecule has 0 fully saturated rings. The van der Waals surface area contributed by atoms with Gasteiger partial charge in [-0.2, -0.15) is 5.10 Å². The standard InChI is InChI=1S/C17H17N3O/c1-19(12-14-7-3-2-4-8-14)13-20-16-10-6-5-9-15(16)17(21)11-18-20/h2-11H,12-13H2,1H3/p+1. The second-order valence-electron chi connectivity index (χ2n) is 5.30. The Bertz CT molecular complexity index is 796. The number of hydrogen-bond acceptors (Lipinski definition) is 2. The van der Waals surface area contributed by atoms with E-state index in [-0.39, 0.29) is 5.43 Å². The van der Waals surface area contributed by atoms with Crippen molar-refractivity contribution in [2.45, 2.75) is 13.2 Å². The molecule has 3 aromatic rings. The van der Waals surface area contributed by atoms with Gasteiger partial charge in [-0.1, -0.05) is 42.5 Å². The lowest BCUT2D eigenvalue weighted by Crippen LogP contribution is -3.07. The Morgan fingerprint density at radius 2 is 1.76 bits per heavy atom. The molecule has 0 radical (unpaired) electrons. The lowest BCUT2D eigenvalue weighted by atomic mass is 10.2. The van der Waals surface area contributed by atoms with Crippen LogP contribution in [0.2, 0.25) is 0 Å². The summed E-state index contributed by atoms with van der Waals surface area (Å²) in [6.07, 6.45) is 1.40. The van der Waals surface area contributed by atoms with E-state index in [0.29, 0.717) is 0 Å². The molecule has 1 unspecified atom stereocenters. The zero-order valence-electron chi connectivity index (χ0n) is 12.0. The van der Waals surface area contributed by atoms with E-state index in [0.717, 1.165) is 24.1 Å². The predicted molar refractivity (Wildman–Crippen MR) is 83.0 cm³/mol. The number of quaternary nitrogens is 1. The summed E-state index contributed by atoms with van der Waals surface area (Å²) >= 11 is 0. The molecule has 0 spiro atoms. The Balaban J connectivity index is 1.85. The van der Waals surface area contributed by atoms with Crippen molar-refractivity contribution in [3.05, 3.63) is 76.6 Å². The predicted octanol–water partition coefficient (Wildman–Crippen LogP) is 1.07. The van der Waals surface area contributed by atoms with Gasteiger partial charge >= 0.3 is 0 Å². The van der Waals surface area contributed by atoms with E-state index < -0.39 is 0 Å². The van der Waals surface area contributed by atoms with Gasteiger partial charge in [0, 0.05) is 10.9 Å². The highest BCUT2D eigenvalue weighted by Crippen LogP contribution is 2.06. The van der Waals surface area contributed by atoms with Crippen LogP contribution in [0, 0.1) is 0 Å². The number of hydrogen-bond donors (Lipinski definition) is 1. The highest BCUT2D eigenvalue weighted by Gasteiger charge is 2.08. The molecule has 3 rings (SSSR count). The van der Waals surface area contributed by atoms with Gasteiger partial charge in [0.25, 0.3) is 0 Å². The second kappa shape index (κ2) is 5.89. The van der Waals surface area contributed by atoms with Crippen molar-refractivity contribution >= 4 is 10.9 Å². The Kier molecular flexibility index (Phi) is 3.79. The van der Waals surface area contributed by atoms with Gasteiger partial charge in [0.05, 0.1) is 18.8 Å². The van der Waals surface area contributed by atoms with Crippen molar-refractivity contribution < 1.29 is 4.90 Å².